The fourth-order valence-electron chi connectivity index (χ4n) is 1.40. The lowest BCUT2D eigenvalue weighted by atomic mass is 10.1. The number of nitrogens with one attached hydrogen (secondary N) is 2. The van der Waals surface area contributed by atoms with E-state index in [9.17, 15) is 9.28 Å². The van der Waals surface area contributed by atoms with Crippen LogP contribution in [0.2, 0.25) is 0 Å². The molecule has 2 aromatic rings. The Balaban J connectivity index is 2.29. The smallest absolute Gasteiger partial charge is 0.281 e. The van der Waals surface area contributed by atoms with Gasteiger partial charge in [-0.3, -0.25) is 4.79 Å². The number of benzene rings is 1. The fraction of sp³-hybridized carbons (Fsp3) is 0.0909. The zero-order valence-corrected chi connectivity index (χ0v) is 9.84. The average Bonchev–Trinajstić information content (AvgIpc) is 2.74. The highest BCUT2D eigenvalue weighted by Crippen LogP contribution is 2.24. The molecule has 17 heavy (non-hydrogen) atoms. The minimum absolute atomic E-state index is 0.251. The Kier molecular flexibility index (Phi) is 3.34. The number of rotatable bonds is 3. The predicted octanol–water partition coefficient (Wildman–Crippen LogP) is 2.81. The topological polar surface area (TPSA) is 54.0 Å². The number of hydrogen-bond acceptors (Lipinski definition) is 4. The summed E-state index contributed by atoms with van der Waals surface area (Å²) in [5, 5.41) is 3.84. The van der Waals surface area contributed by atoms with Gasteiger partial charge in [0.2, 0.25) is 0 Å². The van der Waals surface area contributed by atoms with Gasteiger partial charge in [-0.25, -0.2) is 0 Å². The Hall–Kier alpha value is -1.95. The summed E-state index contributed by atoms with van der Waals surface area (Å²) in [6.45, 7) is 1.88. The number of carbonyl (C=O) groups is 1. The van der Waals surface area contributed by atoms with Crippen molar-refractivity contribution in [1.29, 1.82) is 0 Å². The lowest BCUT2D eigenvalue weighted by molar-refractivity contribution is 0.0860. The molecule has 0 radical (unpaired) electrons. The summed E-state index contributed by atoms with van der Waals surface area (Å²) in [6, 6.07) is 8.55. The summed E-state index contributed by atoms with van der Waals surface area (Å²) in [4.78, 5) is 11.3. The van der Waals surface area contributed by atoms with E-state index in [-0.39, 0.29) is 5.56 Å². The molecule has 0 aliphatic rings. The number of amides is 1. The first-order valence-electron chi connectivity index (χ1n) is 4.91. The van der Waals surface area contributed by atoms with Gasteiger partial charge in [0.05, 0.1) is 16.9 Å². The Morgan fingerprint density at radius 2 is 2.18 bits per heavy atom. The first-order chi connectivity index (χ1) is 8.20. The van der Waals surface area contributed by atoms with Crippen molar-refractivity contribution in [3.63, 3.8) is 0 Å². The third kappa shape index (κ3) is 2.59. The molecule has 2 rings (SSSR count). The molecular formula is C11H10FN3OS. The summed E-state index contributed by atoms with van der Waals surface area (Å²) in [5.74, 6) is -0.769. The maximum Gasteiger partial charge on any atom is 0.281 e. The molecule has 0 bridgehead atoms. The van der Waals surface area contributed by atoms with Crippen molar-refractivity contribution in [2.24, 2.45) is 0 Å². The number of carbonyl (C=O) groups excluding carboxylic acids is 1. The molecule has 1 aromatic carbocycles. The molecule has 1 amide bonds. The molecule has 4 nitrogen and oxygen atoms in total. The van der Waals surface area contributed by atoms with Crippen LogP contribution in [0.5, 0.6) is 0 Å². The Bertz CT molecular complexity index is 541. The van der Waals surface area contributed by atoms with Crippen molar-refractivity contribution in [3.05, 3.63) is 41.6 Å². The van der Waals surface area contributed by atoms with Crippen LogP contribution in [0.1, 0.15) is 16.1 Å². The summed E-state index contributed by atoms with van der Waals surface area (Å²) < 4.78 is 16.3. The van der Waals surface area contributed by atoms with Gasteiger partial charge >= 0.3 is 0 Å². The molecule has 0 atom stereocenters. The fourth-order valence-corrected chi connectivity index (χ4v) is 2.07. The highest BCUT2D eigenvalue weighted by molar-refractivity contribution is 7.10. The van der Waals surface area contributed by atoms with Gasteiger partial charge in [0, 0.05) is 0 Å². The van der Waals surface area contributed by atoms with Crippen LogP contribution in [-0.2, 0) is 0 Å². The molecule has 0 unspecified atom stereocenters. The second-order valence-corrected chi connectivity index (χ2v) is 4.23. The zero-order chi connectivity index (χ0) is 12.3. The lowest BCUT2D eigenvalue weighted by Crippen LogP contribution is -2.15. The van der Waals surface area contributed by atoms with Gasteiger partial charge in [0.15, 0.2) is 0 Å². The number of nitrogens with zero attached hydrogens (tertiary/aromatic N) is 1. The summed E-state index contributed by atoms with van der Waals surface area (Å²) >= 11 is 1.29. The molecule has 2 N–H and O–H groups in total. The minimum Gasteiger partial charge on any atom is -0.345 e. The highest BCUT2D eigenvalue weighted by Gasteiger charge is 2.11. The molecule has 0 saturated heterocycles. The maximum atomic E-state index is 12.2. The zero-order valence-electron chi connectivity index (χ0n) is 9.03. The number of aromatic nitrogens is 1. The summed E-state index contributed by atoms with van der Waals surface area (Å²) in [7, 11) is 0. The van der Waals surface area contributed by atoms with E-state index in [0.717, 1.165) is 16.2 Å². The second-order valence-electron chi connectivity index (χ2n) is 3.43. The molecule has 1 aromatic heterocycles. The number of halogens is 1. The molecule has 0 aliphatic carbocycles. The number of anilines is 2. The molecule has 0 fully saturated rings. The van der Waals surface area contributed by atoms with Crippen molar-refractivity contribution < 1.29 is 9.28 Å². The largest absolute Gasteiger partial charge is 0.345 e. The van der Waals surface area contributed by atoms with Crippen molar-refractivity contribution in [2.75, 3.05) is 5.32 Å². The van der Waals surface area contributed by atoms with Crippen molar-refractivity contribution in [1.82, 2.24) is 9.91 Å². The monoisotopic (exact) mass is 251 g/mol. The average molecular weight is 251 g/mol. The van der Waals surface area contributed by atoms with Crippen LogP contribution in [0, 0.1) is 6.92 Å². The minimum atomic E-state index is -0.769. The number of aryl methyl sites for hydroxylation is 1. The van der Waals surface area contributed by atoms with E-state index in [1.807, 2.05) is 13.0 Å². The van der Waals surface area contributed by atoms with Gasteiger partial charge in [0.1, 0.15) is 5.00 Å². The SMILES string of the molecule is Cc1cc(Nc2ccccc2C(=O)NF)sn1. The number of hydrogen-bond donors (Lipinski definition) is 2. The molecule has 0 spiro atoms. The first-order valence-corrected chi connectivity index (χ1v) is 5.68. The van der Waals surface area contributed by atoms with E-state index in [1.165, 1.54) is 11.5 Å². The lowest BCUT2D eigenvalue weighted by Gasteiger charge is -2.07. The molecule has 88 valence electrons. The molecule has 1 heterocycles. The van der Waals surface area contributed by atoms with Crippen LogP contribution in [0.3, 0.4) is 0 Å². The van der Waals surface area contributed by atoms with E-state index in [0.29, 0.717) is 5.69 Å². The number of para-hydroxylation sites is 1. The van der Waals surface area contributed by atoms with Crippen LogP contribution < -0.4 is 10.9 Å². The van der Waals surface area contributed by atoms with E-state index in [1.54, 1.807) is 24.3 Å². The standard InChI is InChI=1S/C11H10FN3OS/c1-7-6-10(17-15-7)13-9-5-3-2-4-8(9)11(16)14-12/h2-6,13H,1H3,(H,14,16). The van der Waals surface area contributed by atoms with Gasteiger partial charge in [-0.15, -0.1) is 0 Å². The van der Waals surface area contributed by atoms with Crippen molar-refractivity contribution in [2.45, 2.75) is 6.92 Å². The van der Waals surface area contributed by atoms with E-state index < -0.39 is 5.91 Å². The molecular weight excluding hydrogens is 241 g/mol. The van der Waals surface area contributed by atoms with Crippen LogP contribution in [0.15, 0.2) is 30.3 Å². The van der Waals surface area contributed by atoms with Gasteiger partial charge in [-0.05, 0) is 36.7 Å². The van der Waals surface area contributed by atoms with Gasteiger partial charge in [0.25, 0.3) is 5.91 Å². The molecule has 0 aliphatic heterocycles. The highest BCUT2D eigenvalue weighted by atomic mass is 32.1. The Morgan fingerprint density at radius 3 is 2.82 bits per heavy atom. The van der Waals surface area contributed by atoms with Gasteiger partial charge < -0.3 is 5.32 Å². The second kappa shape index (κ2) is 4.92. The first kappa shape index (κ1) is 11.5. The van der Waals surface area contributed by atoms with Crippen LogP contribution in [0.25, 0.3) is 0 Å². The predicted molar refractivity (Wildman–Crippen MR) is 65.1 cm³/mol. The van der Waals surface area contributed by atoms with Gasteiger partial charge in [-0.1, -0.05) is 16.6 Å². The normalized spacial score (nSPS) is 10.0. The van der Waals surface area contributed by atoms with Crippen LogP contribution >= 0.6 is 11.5 Å². The molecule has 0 saturated carbocycles. The molecule has 6 heteroatoms. The third-order valence-electron chi connectivity index (χ3n) is 2.14. The van der Waals surface area contributed by atoms with Crippen molar-refractivity contribution >= 4 is 28.1 Å². The van der Waals surface area contributed by atoms with Crippen LogP contribution in [0.4, 0.5) is 15.2 Å². The van der Waals surface area contributed by atoms with E-state index in [4.69, 9.17) is 0 Å². The van der Waals surface area contributed by atoms with E-state index in [2.05, 4.69) is 9.69 Å². The third-order valence-corrected chi connectivity index (χ3v) is 2.94. The summed E-state index contributed by atoms with van der Waals surface area (Å²) in [5.41, 5.74) is 2.81. The van der Waals surface area contributed by atoms with Crippen molar-refractivity contribution in [3.8, 4) is 0 Å². The summed E-state index contributed by atoms with van der Waals surface area (Å²) in [6.07, 6.45) is 0. The van der Waals surface area contributed by atoms with Crippen LogP contribution in [-0.4, -0.2) is 10.3 Å². The Morgan fingerprint density at radius 1 is 1.41 bits per heavy atom. The quantitative estimate of drug-likeness (QED) is 0.825. The Labute approximate surface area is 102 Å². The maximum absolute atomic E-state index is 12.2. The van der Waals surface area contributed by atoms with E-state index >= 15 is 0 Å². The van der Waals surface area contributed by atoms with Gasteiger partial charge in [-0.2, -0.15) is 9.91 Å².